The minimum Gasteiger partial charge on any atom is -0.478 e. The lowest BCUT2D eigenvalue weighted by atomic mass is 10.0. The van der Waals surface area contributed by atoms with Gasteiger partial charge in [-0.3, -0.25) is 9.78 Å². The third-order valence-electron chi connectivity index (χ3n) is 2.74. The number of hydrogen-bond donors (Lipinski definition) is 1. The van der Waals surface area contributed by atoms with Crippen LogP contribution in [0.25, 0.3) is 0 Å². The number of amides is 1. The van der Waals surface area contributed by atoms with Crippen LogP contribution in [0.2, 0.25) is 0 Å². The predicted octanol–water partition coefficient (Wildman–Crippen LogP) is 0.684. The summed E-state index contributed by atoms with van der Waals surface area (Å²) in [6.45, 7) is 2.63. The van der Waals surface area contributed by atoms with Gasteiger partial charge in [-0.2, -0.15) is 0 Å². The molecule has 1 aliphatic rings. The number of fused-ring (bicyclic) bond motifs is 1. The molecule has 0 bridgehead atoms. The van der Waals surface area contributed by atoms with Gasteiger partial charge in [0.1, 0.15) is 0 Å². The van der Waals surface area contributed by atoms with Crippen LogP contribution in [-0.2, 0) is 17.8 Å². The Labute approximate surface area is 92.7 Å². The molecular weight excluding hydrogens is 208 g/mol. The SMILES string of the molecule is CC(=O)N1CCc2cc(C(=O)O)cnc2C1. The summed E-state index contributed by atoms with van der Waals surface area (Å²) in [5.74, 6) is -0.945. The molecule has 0 saturated heterocycles. The molecule has 0 radical (unpaired) electrons. The molecule has 16 heavy (non-hydrogen) atoms. The first-order valence-electron chi connectivity index (χ1n) is 5.04. The number of nitrogens with zero attached hydrogens (tertiary/aromatic N) is 2. The summed E-state index contributed by atoms with van der Waals surface area (Å²) in [4.78, 5) is 27.7. The van der Waals surface area contributed by atoms with Crippen LogP contribution in [0, 0.1) is 0 Å². The fourth-order valence-electron chi connectivity index (χ4n) is 1.80. The van der Waals surface area contributed by atoms with Gasteiger partial charge in [-0.05, 0) is 18.1 Å². The van der Waals surface area contributed by atoms with E-state index in [0.29, 0.717) is 19.5 Å². The van der Waals surface area contributed by atoms with Crippen LogP contribution in [0.4, 0.5) is 0 Å². The Bertz CT molecular complexity index is 457. The van der Waals surface area contributed by atoms with Gasteiger partial charge in [0.15, 0.2) is 0 Å². The summed E-state index contributed by atoms with van der Waals surface area (Å²) in [5.41, 5.74) is 1.93. The largest absolute Gasteiger partial charge is 0.478 e. The zero-order chi connectivity index (χ0) is 11.7. The average Bonchev–Trinajstić information content (AvgIpc) is 2.27. The van der Waals surface area contributed by atoms with Crippen LogP contribution in [-0.4, -0.2) is 33.4 Å². The van der Waals surface area contributed by atoms with Crippen molar-refractivity contribution in [1.29, 1.82) is 0 Å². The van der Waals surface area contributed by atoms with Crippen molar-refractivity contribution in [3.05, 3.63) is 29.1 Å². The lowest BCUT2D eigenvalue weighted by molar-refractivity contribution is -0.129. The molecule has 2 rings (SSSR count). The zero-order valence-corrected chi connectivity index (χ0v) is 8.93. The van der Waals surface area contributed by atoms with Crippen LogP contribution in [0.15, 0.2) is 12.3 Å². The minimum atomic E-state index is -0.968. The van der Waals surface area contributed by atoms with E-state index < -0.39 is 5.97 Å². The first kappa shape index (κ1) is 10.6. The van der Waals surface area contributed by atoms with Gasteiger partial charge in [-0.1, -0.05) is 0 Å². The molecule has 0 aromatic carbocycles. The summed E-state index contributed by atoms with van der Waals surface area (Å²) in [6.07, 6.45) is 2.01. The zero-order valence-electron chi connectivity index (χ0n) is 8.93. The average molecular weight is 220 g/mol. The number of hydrogen-bond acceptors (Lipinski definition) is 3. The summed E-state index contributed by atoms with van der Waals surface area (Å²) < 4.78 is 0. The number of pyridine rings is 1. The highest BCUT2D eigenvalue weighted by atomic mass is 16.4. The molecule has 0 spiro atoms. The van der Waals surface area contributed by atoms with Crippen molar-refractivity contribution in [3.63, 3.8) is 0 Å². The number of carboxylic acids is 1. The molecule has 1 N–H and O–H groups in total. The van der Waals surface area contributed by atoms with Crippen LogP contribution in [0.5, 0.6) is 0 Å². The molecule has 0 fully saturated rings. The van der Waals surface area contributed by atoms with E-state index in [9.17, 15) is 9.59 Å². The van der Waals surface area contributed by atoms with Crippen molar-refractivity contribution in [3.8, 4) is 0 Å². The van der Waals surface area contributed by atoms with E-state index in [4.69, 9.17) is 5.11 Å². The number of carboxylic acid groups (broad SMARTS) is 1. The van der Waals surface area contributed by atoms with E-state index in [1.165, 1.54) is 13.1 Å². The standard InChI is InChI=1S/C11H12N2O3/c1-7(14)13-3-2-8-4-9(11(15)16)5-12-10(8)6-13/h4-5H,2-3,6H2,1H3,(H,15,16). The predicted molar refractivity (Wildman–Crippen MR) is 56.0 cm³/mol. The number of carbonyl (C=O) groups is 2. The van der Waals surface area contributed by atoms with Gasteiger partial charge < -0.3 is 10.0 Å². The number of aromatic nitrogens is 1. The Morgan fingerprint density at radius 2 is 2.25 bits per heavy atom. The molecule has 5 nitrogen and oxygen atoms in total. The van der Waals surface area contributed by atoms with Gasteiger partial charge in [-0.15, -0.1) is 0 Å². The maximum atomic E-state index is 11.2. The topological polar surface area (TPSA) is 70.5 Å². The molecule has 1 amide bonds. The van der Waals surface area contributed by atoms with Crippen molar-refractivity contribution in [2.45, 2.75) is 19.9 Å². The normalized spacial score (nSPS) is 14.4. The van der Waals surface area contributed by atoms with Crippen molar-refractivity contribution < 1.29 is 14.7 Å². The Balaban J connectivity index is 2.29. The number of rotatable bonds is 1. The quantitative estimate of drug-likeness (QED) is 0.755. The molecule has 1 aliphatic heterocycles. The fraction of sp³-hybridized carbons (Fsp3) is 0.364. The second kappa shape index (κ2) is 3.92. The Hall–Kier alpha value is -1.91. The Morgan fingerprint density at radius 3 is 2.88 bits per heavy atom. The van der Waals surface area contributed by atoms with E-state index in [2.05, 4.69) is 4.98 Å². The summed E-state index contributed by atoms with van der Waals surface area (Å²) in [6, 6.07) is 1.64. The van der Waals surface area contributed by atoms with Crippen LogP contribution < -0.4 is 0 Å². The van der Waals surface area contributed by atoms with E-state index in [0.717, 1.165) is 11.3 Å². The van der Waals surface area contributed by atoms with Crippen LogP contribution >= 0.6 is 0 Å². The van der Waals surface area contributed by atoms with E-state index >= 15 is 0 Å². The summed E-state index contributed by atoms with van der Waals surface area (Å²) >= 11 is 0. The number of carbonyl (C=O) groups excluding carboxylic acids is 1. The van der Waals surface area contributed by atoms with Crippen LogP contribution in [0.1, 0.15) is 28.5 Å². The number of aromatic carboxylic acids is 1. The van der Waals surface area contributed by atoms with Crippen molar-refractivity contribution >= 4 is 11.9 Å². The van der Waals surface area contributed by atoms with Gasteiger partial charge in [0.05, 0.1) is 17.8 Å². The second-order valence-electron chi connectivity index (χ2n) is 3.83. The van der Waals surface area contributed by atoms with Crippen LogP contribution in [0.3, 0.4) is 0 Å². The van der Waals surface area contributed by atoms with Gasteiger partial charge in [0.25, 0.3) is 0 Å². The smallest absolute Gasteiger partial charge is 0.337 e. The van der Waals surface area contributed by atoms with Gasteiger partial charge in [-0.25, -0.2) is 4.79 Å². The highest BCUT2D eigenvalue weighted by Crippen LogP contribution is 2.18. The monoisotopic (exact) mass is 220 g/mol. The first-order valence-corrected chi connectivity index (χ1v) is 5.04. The fourth-order valence-corrected chi connectivity index (χ4v) is 1.80. The molecule has 0 saturated carbocycles. The molecule has 0 aliphatic carbocycles. The molecular formula is C11H12N2O3. The van der Waals surface area contributed by atoms with Gasteiger partial charge in [0, 0.05) is 19.7 Å². The third-order valence-corrected chi connectivity index (χ3v) is 2.74. The highest BCUT2D eigenvalue weighted by Gasteiger charge is 2.20. The molecule has 2 heterocycles. The van der Waals surface area contributed by atoms with E-state index in [1.54, 1.807) is 11.0 Å². The maximum Gasteiger partial charge on any atom is 0.337 e. The van der Waals surface area contributed by atoms with Crippen molar-refractivity contribution in [1.82, 2.24) is 9.88 Å². The summed E-state index contributed by atoms with van der Waals surface area (Å²) in [7, 11) is 0. The second-order valence-corrected chi connectivity index (χ2v) is 3.83. The molecule has 0 atom stereocenters. The maximum absolute atomic E-state index is 11.2. The highest BCUT2D eigenvalue weighted by molar-refractivity contribution is 5.87. The first-order chi connectivity index (χ1) is 7.58. The molecule has 84 valence electrons. The lowest BCUT2D eigenvalue weighted by Crippen LogP contribution is -2.34. The third kappa shape index (κ3) is 1.88. The Kier molecular flexibility index (Phi) is 2.60. The van der Waals surface area contributed by atoms with Crippen molar-refractivity contribution in [2.24, 2.45) is 0 Å². The minimum absolute atomic E-state index is 0.0229. The van der Waals surface area contributed by atoms with Crippen molar-refractivity contribution in [2.75, 3.05) is 6.54 Å². The lowest BCUT2D eigenvalue weighted by Gasteiger charge is -2.27. The van der Waals surface area contributed by atoms with E-state index in [1.807, 2.05) is 0 Å². The van der Waals surface area contributed by atoms with Gasteiger partial charge in [0.2, 0.25) is 5.91 Å². The Morgan fingerprint density at radius 1 is 1.50 bits per heavy atom. The molecule has 1 aromatic heterocycles. The molecule has 0 unspecified atom stereocenters. The molecule has 5 heteroatoms. The summed E-state index contributed by atoms with van der Waals surface area (Å²) in [5, 5.41) is 8.82. The van der Waals surface area contributed by atoms with Gasteiger partial charge >= 0.3 is 5.97 Å². The van der Waals surface area contributed by atoms with E-state index in [-0.39, 0.29) is 11.5 Å². The molecule has 1 aromatic rings.